The monoisotopic (exact) mass is 240 g/mol. The number of rotatable bonds is 6. The molecule has 0 saturated heterocycles. The number of nitrogen functional groups attached to an aromatic ring is 1. The number of aryl methyl sites for hydroxylation is 1. The molecule has 0 atom stereocenters. The molecular formula is C16H20N2. The number of hydrogen-bond acceptors (Lipinski definition) is 2. The van der Waals surface area contributed by atoms with E-state index >= 15 is 0 Å². The summed E-state index contributed by atoms with van der Waals surface area (Å²) in [6.07, 6.45) is 3.45. The molecule has 0 spiro atoms. The van der Waals surface area contributed by atoms with E-state index < -0.39 is 0 Å². The second-order valence-electron chi connectivity index (χ2n) is 4.49. The quantitative estimate of drug-likeness (QED) is 0.597. The fourth-order valence-corrected chi connectivity index (χ4v) is 1.99. The molecule has 0 unspecified atom stereocenters. The van der Waals surface area contributed by atoms with Crippen LogP contribution in [0.3, 0.4) is 0 Å². The van der Waals surface area contributed by atoms with Crippen LogP contribution in [0.25, 0.3) is 0 Å². The molecule has 0 bridgehead atoms. The molecule has 0 heterocycles. The van der Waals surface area contributed by atoms with Crippen LogP contribution in [-0.4, -0.2) is 6.54 Å². The van der Waals surface area contributed by atoms with Gasteiger partial charge in [0, 0.05) is 17.9 Å². The molecule has 0 fully saturated rings. The molecule has 0 amide bonds. The Labute approximate surface area is 109 Å². The summed E-state index contributed by atoms with van der Waals surface area (Å²) in [5, 5.41) is 3.42. The lowest BCUT2D eigenvalue weighted by Crippen LogP contribution is -2.01. The Bertz CT molecular complexity index is 466. The molecule has 2 aromatic rings. The number of hydrogen-bond donors (Lipinski definition) is 2. The molecule has 2 nitrogen and oxygen atoms in total. The maximum atomic E-state index is 5.75. The molecule has 18 heavy (non-hydrogen) atoms. The summed E-state index contributed by atoms with van der Waals surface area (Å²) in [5.41, 5.74) is 9.13. The molecule has 3 N–H and O–H groups in total. The van der Waals surface area contributed by atoms with Crippen molar-refractivity contribution >= 4 is 11.4 Å². The third kappa shape index (κ3) is 4.13. The minimum atomic E-state index is 0.856. The summed E-state index contributed by atoms with van der Waals surface area (Å²) in [5.74, 6) is 0. The van der Waals surface area contributed by atoms with Gasteiger partial charge in [-0.2, -0.15) is 0 Å². The molecule has 0 radical (unpaired) electrons. The molecule has 2 rings (SSSR count). The van der Waals surface area contributed by atoms with Crippen LogP contribution in [0.1, 0.15) is 18.4 Å². The van der Waals surface area contributed by atoms with Crippen molar-refractivity contribution in [2.24, 2.45) is 0 Å². The average Bonchev–Trinajstić information content (AvgIpc) is 2.40. The lowest BCUT2D eigenvalue weighted by molar-refractivity contribution is 0.763. The Kier molecular flexibility index (Phi) is 4.65. The number of para-hydroxylation sites is 1. The Balaban J connectivity index is 1.65. The number of nitrogens with two attached hydrogens (primary N) is 1. The second-order valence-corrected chi connectivity index (χ2v) is 4.49. The Morgan fingerprint density at radius 2 is 1.72 bits per heavy atom. The summed E-state index contributed by atoms with van der Waals surface area (Å²) in [6.45, 7) is 1.02. The molecule has 0 aliphatic heterocycles. The van der Waals surface area contributed by atoms with Crippen molar-refractivity contribution in [2.45, 2.75) is 19.3 Å². The minimum absolute atomic E-state index is 0.856. The van der Waals surface area contributed by atoms with E-state index in [1.165, 1.54) is 24.1 Å². The Morgan fingerprint density at radius 1 is 0.889 bits per heavy atom. The summed E-state index contributed by atoms with van der Waals surface area (Å²) in [6, 6.07) is 18.5. The average molecular weight is 240 g/mol. The summed E-state index contributed by atoms with van der Waals surface area (Å²) in [4.78, 5) is 0. The van der Waals surface area contributed by atoms with E-state index in [9.17, 15) is 0 Å². The van der Waals surface area contributed by atoms with Gasteiger partial charge in [-0.15, -0.1) is 0 Å². The molecule has 0 aliphatic carbocycles. The minimum Gasteiger partial charge on any atom is -0.399 e. The van der Waals surface area contributed by atoms with Crippen molar-refractivity contribution in [1.82, 2.24) is 0 Å². The fourth-order valence-electron chi connectivity index (χ4n) is 1.99. The number of benzene rings is 2. The highest BCUT2D eigenvalue weighted by Crippen LogP contribution is 2.10. The predicted octanol–water partition coefficient (Wildman–Crippen LogP) is 3.70. The summed E-state index contributed by atoms with van der Waals surface area (Å²) < 4.78 is 0. The normalized spacial score (nSPS) is 10.2. The highest BCUT2D eigenvalue weighted by molar-refractivity contribution is 5.42. The van der Waals surface area contributed by atoms with Crippen LogP contribution in [0.15, 0.2) is 54.6 Å². The number of nitrogens with one attached hydrogen (secondary N) is 1. The zero-order valence-electron chi connectivity index (χ0n) is 10.6. The van der Waals surface area contributed by atoms with Gasteiger partial charge in [-0.05, 0) is 49.1 Å². The van der Waals surface area contributed by atoms with Crippen LogP contribution < -0.4 is 11.1 Å². The van der Waals surface area contributed by atoms with E-state index in [1.807, 2.05) is 18.2 Å². The smallest absolute Gasteiger partial charge is 0.0340 e. The first-order valence-electron chi connectivity index (χ1n) is 6.48. The van der Waals surface area contributed by atoms with Crippen molar-refractivity contribution in [3.63, 3.8) is 0 Å². The highest BCUT2D eigenvalue weighted by Gasteiger charge is 1.95. The lowest BCUT2D eigenvalue weighted by Gasteiger charge is -2.06. The second kappa shape index (κ2) is 6.70. The zero-order valence-corrected chi connectivity index (χ0v) is 10.6. The van der Waals surface area contributed by atoms with Gasteiger partial charge in [0.15, 0.2) is 0 Å². The Morgan fingerprint density at radius 3 is 2.50 bits per heavy atom. The van der Waals surface area contributed by atoms with Gasteiger partial charge in [-0.3, -0.25) is 0 Å². The van der Waals surface area contributed by atoms with Crippen LogP contribution in [-0.2, 0) is 6.42 Å². The van der Waals surface area contributed by atoms with Gasteiger partial charge in [0.1, 0.15) is 0 Å². The van der Waals surface area contributed by atoms with Gasteiger partial charge in [0.2, 0.25) is 0 Å². The van der Waals surface area contributed by atoms with Crippen LogP contribution in [0.2, 0.25) is 0 Å². The molecule has 2 heteroatoms. The van der Waals surface area contributed by atoms with Crippen LogP contribution >= 0.6 is 0 Å². The highest BCUT2D eigenvalue weighted by atomic mass is 14.9. The maximum Gasteiger partial charge on any atom is 0.0340 e. The number of anilines is 2. The number of unbranched alkanes of at least 4 members (excludes halogenated alkanes) is 1. The zero-order chi connectivity index (χ0) is 12.6. The van der Waals surface area contributed by atoms with Crippen LogP contribution in [0.4, 0.5) is 11.4 Å². The van der Waals surface area contributed by atoms with Crippen molar-refractivity contribution in [2.75, 3.05) is 17.6 Å². The third-order valence-corrected chi connectivity index (χ3v) is 2.95. The first kappa shape index (κ1) is 12.5. The third-order valence-electron chi connectivity index (χ3n) is 2.95. The van der Waals surface area contributed by atoms with Gasteiger partial charge in [-0.25, -0.2) is 0 Å². The van der Waals surface area contributed by atoms with Gasteiger partial charge in [-0.1, -0.05) is 30.3 Å². The summed E-state index contributed by atoms with van der Waals surface area (Å²) >= 11 is 0. The predicted molar refractivity (Wildman–Crippen MR) is 78.7 cm³/mol. The lowest BCUT2D eigenvalue weighted by atomic mass is 10.1. The van der Waals surface area contributed by atoms with Gasteiger partial charge in [0.05, 0.1) is 0 Å². The van der Waals surface area contributed by atoms with Gasteiger partial charge < -0.3 is 11.1 Å². The van der Waals surface area contributed by atoms with E-state index in [0.717, 1.165) is 18.7 Å². The largest absolute Gasteiger partial charge is 0.399 e. The standard InChI is InChI=1S/C16H20N2/c17-15-9-6-8-14(13-15)7-4-5-12-18-16-10-2-1-3-11-16/h1-3,6,8-11,13,18H,4-5,7,12,17H2. The molecule has 2 aromatic carbocycles. The Hall–Kier alpha value is -1.96. The molecule has 94 valence electrons. The van der Waals surface area contributed by atoms with Crippen molar-refractivity contribution in [1.29, 1.82) is 0 Å². The molecule has 0 aliphatic rings. The topological polar surface area (TPSA) is 38.0 Å². The van der Waals surface area contributed by atoms with E-state index in [0.29, 0.717) is 0 Å². The van der Waals surface area contributed by atoms with E-state index in [1.54, 1.807) is 0 Å². The van der Waals surface area contributed by atoms with Gasteiger partial charge in [0.25, 0.3) is 0 Å². The van der Waals surface area contributed by atoms with Gasteiger partial charge >= 0.3 is 0 Å². The first-order valence-corrected chi connectivity index (χ1v) is 6.48. The van der Waals surface area contributed by atoms with E-state index in [2.05, 4.69) is 41.7 Å². The van der Waals surface area contributed by atoms with Crippen LogP contribution in [0.5, 0.6) is 0 Å². The van der Waals surface area contributed by atoms with Crippen molar-refractivity contribution < 1.29 is 0 Å². The summed E-state index contributed by atoms with van der Waals surface area (Å²) in [7, 11) is 0. The van der Waals surface area contributed by atoms with Crippen molar-refractivity contribution in [3.05, 3.63) is 60.2 Å². The van der Waals surface area contributed by atoms with Crippen molar-refractivity contribution in [3.8, 4) is 0 Å². The van der Waals surface area contributed by atoms with E-state index in [-0.39, 0.29) is 0 Å². The van der Waals surface area contributed by atoms with E-state index in [4.69, 9.17) is 5.73 Å². The molecule has 0 aromatic heterocycles. The molecular weight excluding hydrogens is 220 g/mol. The fraction of sp³-hybridized carbons (Fsp3) is 0.250. The molecule has 0 saturated carbocycles. The van der Waals surface area contributed by atoms with Crippen LogP contribution in [0, 0.1) is 0 Å². The maximum absolute atomic E-state index is 5.75. The SMILES string of the molecule is Nc1cccc(CCCCNc2ccccc2)c1. The first-order chi connectivity index (χ1) is 8.84.